The number of carbonyl (C=O) groups is 2. The van der Waals surface area contributed by atoms with Crippen LogP contribution in [0.4, 0.5) is 14.9 Å². The molecule has 0 spiro atoms. The zero-order valence-electron chi connectivity index (χ0n) is 11.5. The molecule has 0 unspecified atom stereocenters. The van der Waals surface area contributed by atoms with Crippen molar-refractivity contribution in [2.45, 2.75) is 19.3 Å². The highest BCUT2D eigenvalue weighted by molar-refractivity contribution is 5.90. The molecule has 2 aliphatic rings. The quantitative estimate of drug-likeness (QED) is 0.880. The number of fused-ring (bicyclic) bond motifs is 1. The standard InChI is InChI=1S/C15H17FN2O3/c16-11-5-1-2-6-12(11)17-14(21)18-8-10-4-3-7-15(10,9-18)13(19)20/h1-2,5-6,10H,3-4,7-9H2,(H,17,21)(H,19,20)/t10-,15+/m0/s1. The fourth-order valence-corrected chi connectivity index (χ4v) is 3.55. The number of hydrogen-bond donors (Lipinski definition) is 2. The molecule has 1 saturated heterocycles. The van der Waals surface area contributed by atoms with E-state index in [1.165, 1.54) is 17.0 Å². The molecule has 0 radical (unpaired) electrons. The number of benzene rings is 1. The summed E-state index contributed by atoms with van der Waals surface area (Å²) < 4.78 is 13.5. The number of nitrogens with one attached hydrogen (secondary N) is 1. The molecule has 0 bridgehead atoms. The molecule has 2 fully saturated rings. The van der Waals surface area contributed by atoms with Crippen molar-refractivity contribution in [3.63, 3.8) is 0 Å². The number of carboxylic acids is 1. The zero-order chi connectivity index (χ0) is 15.0. The van der Waals surface area contributed by atoms with Gasteiger partial charge in [-0.3, -0.25) is 4.79 Å². The van der Waals surface area contributed by atoms with Gasteiger partial charge in [0.05, 0.1) is 11.1 Å². The summed E-state index contributed by atoms with van der Waals surface area (Å²) in [6.07, 6.45) is 2.33. The van der Waals surface area contributed by atoms with Crippen molar-refractivity contribution in [2.24, 2.45) is 11.3 Å². The highest BCUT2D eigenvalue weighted by Gasteiger charge is 2.55. The topological polar surface area (TPSA) is 69.6 Å². The monoisotopic (exact) mass is 292 g/mol. The van der Waals surface area contributed by atoms with E-state index in [1.807, 2.05) is 0 Å². The SMILES string of the molecule is O=C(Nc1ccccc1F)N1C[C@@H]2CCC[C@@]2(C(=O)O)C1. The molecule has 5 nitrogen and oxygen atoms in total. The summed E-state index contributed by atoms with van der Waals surface area (Å²) in [5, 5.41) is 12.0. The van der Waals surface area contributed by atoms with Crippen LogP contribution < -0.4 is 5.32 Å². The van der Waals surface area contributed by atoms with Crippen LogP contribution in [0.25, 0.3) is 0 Å². The third-order valence-corrected chi connectivity index (χ3v) is 4.70. The first kappa shape index (κ1) is 13.9. The average Bonchev–Trinajstić information content (AvgIpc) is 2.99. The maximum absolute atomic E-state index is 13.5. The molecule has 2 amide bonds. The van der Waals surface area contributed by atoms with Crippen molar-refractivity contribution in [1.29, 1.82) is 0 Å². The molecular formula is C15H17FN2O3. The van der Waals surface area contributed by atoms with Gasteiger partial charge in [0.1, 0.15) is 5.82 Å². The molecule has 1 aromatic carbocycles. The van der Waals surface area contributed by atoms with Gasteiger partial charge in [-0.05, 0) is 30.9 Å². The number of anilines is 1. The number of aliphatic carboxylic acids is 1. The van der Waals surface area contributed by atoms with E-state index >= 15 is 0 Å². The van der Waals surface area contributed by atoms with Crippen LogP contribution in [0.2, 0.25) is 0 Å². The summed E-state index contributed by atoms with van der Waals surface area (Å²) in [5.41, 5.74) is -0.698. The number of amides is 2. The van der Waals surface area contributed by atoms with Gasteiger partial charge in [-0.25, -0.2) is 9.18 Å². The molecule has 1 aromatic rings. The lowest BCUT2D eigenvalue weighted by atomic mass is 9.81. The summed E-state index contributed by atoms with van der Waals surface area (Å²) in [4.78, 5) is 25.3. The number of nitrogens with zero attached hydrogens (tertiary/aromatic N) is 1. The number of urea groups is 1. The van der Waals surface area contributed by atoms with E-state index in [4.69, 9.17) is 0 Å². The van der Waals surface area contributed by atoms with E-state index in [0.29, 0.717) is 13.0 Å². The van der Waals surface area contributed by atoms with Gasteiger partial charge in [0, 0.05) is 13.1 Å². The van der Waals surface area contributed by atoms with Crippen LogP contribution in [-0.4, -0.2) is 35.1 Å². The Bertz CT molecular complexity index is 592. The molecule has 1 saturated carbocycles. The van der Waals surface area contributed by atoms with Gasteiger partial charge < -0.3 is 15.3 Å². The van der Waals surface area contributed by atoms with Gasteiger partial charge >= 0.3 is 12.0 Å². The van der Waals surface area contributed by atoms with Crippen LogP contribution in [-0.2, 0) is 4.79 Å². The Morgan fingerprint density at radius 1 is 1.38 bits per heavy atom. The van der Waals surface area contributed by atoms with Crippen molar-refractivity contribution < 1.29 is 19.1 Å². The minimum atomic E-state index is -0.828. The summed E-state index contributed by atoms with van der Waals surface area (Å²) in [6.45, 7) is 0.625. The molecular weight excluding hydrogens is 275 g/mol. The maximum atomic E-state index is 13.5. The Hall–Kier alpha value is -2.11. The van der Waals surface area contributed by atoms with E-state index in [-0.39, 0.29) is 18.2 Å². The minimum Gasteiger partial charge on any atom is -0.481 e. The number of hydrogen-bond acceptors (Lipinski definition) is 2. The normalized spacial score (nSPS) is 27.5. The minimum absolute atomic E-state index is 0.00127. The Labute approximate surface area is 121 Å². The number of carbonyl (C=O) groups excluding carboxylic acids is 1. The molecule has 2 N–H and O–H groups in total. The van der Waals surface area contributed by atoms with E-state index in [2.05, 4.69) is 5.32 Å². The van der Waals surface area contributed by atoms with Gasteiger partial charge in [0.2, 0.25) is 0 Å². The number of rotatable bonds is 2. The largest absolute Gasteiger partial charge is 0.481 e. The first-order chi connectivity index (χ1) is 10.0. The molecule has 1 aliphatic carbocycles. The third kappa shape index (κ3) is 2.24. The van der Waals surface area contributed by atoms with Gasteiger partial charge in [0.15, 0.2) is 0 Å². The Kier molecular flexibility index (Phi) is 3.31. The molecule has 6 heteroatoms. The predicted molar refractivity (Wildman–Crippen MR) is 74.4 cm³/mol. The van der Waals surface area contributed by atoms with E-state index in [1.54, 1.807) is 12.1 Å². The highest BCUT2D eigenvalue weighted by atomic mass is 19.1. The fourth-order valence-electron chi connectivity index (χ4n) is 3.55. The fraction of sp³-hybridized carbons (Fsp3) is 0.467. The Morgan fingerprint density at radius 2 is 2.14 bits per heavy atom. The summed E-state index contributed by atoms with van der Waals surface area (Å²) in [5.74, 6) is -1.33. The van der Waals surface area contributed by atoms with Gasteiger partial charge in [0.25, 0.3) is 0 Å². The van der Waals surface area contributed by atoms with Crippen molar-refractivity contribution in [1.82, 2.24) is 4.90 Å². The molecule has 3 rings (SSSR count). The maximum Gasteiger partial charge on any atom is 0.321 e. The van der Waals surface area contributed by atoms with Crippen LogP contribution >= 0.6 is 0 Å². The summed E-state index contributed by atoms with van der Waals surface area (Å²) in [7, 11) is 0. The van der Waals surface area contributed by atoms with Crippen LogP contribution in [0.3, 0.4) is 0 Å². The van der Waals surface area contributed by atoms with Crippen molar-refractivity contribution in [2.75, 3.05) is 18.4 Å². The zero-order valence-corrected chi connectivity index (χ0v) is 11.5. The molecule has 21 heavy (non-hydrogen) atoms. The van der Waals surface area contributed by atoms with E-state index in [9.17, 15) is 19.1 Å². The summed E-state index contributed by atoms with van der Waals surface area (Å²) in [6, 6.07) is 5.50. The molecule has 112 valence electrons. The first-order valence-corrected chi connectivity index (χ1v) is 7.07. The lowest BCUT2D eigenvalue weighted by molar-refractivity contribution is -0.149. The number of para-hydroxylation sites is 1. The van der Waals surface area contributed by atoms with E-state index < -0.39 is 23.2 Å². The lowest BCUT2D eigenvalue weighted by Crippen LogP contribution is -2.38. The number of carboxylic acid groups (broad SMARTS) is 1. The van der Waals surface area contributed by atoms with Crippen LogP contribution in [0.15, 0.2) is 24.3 Å². The third-order valence-electron chi connectivity index (χ3n) is 4.70. The second-order valence-corrected chi connectivity index (χ2v) is 5.84. The van der Waals surface area contributed by atoms with Crippen LogP contribution in [0.1, 0.15) is 19.3 Å². The van der Waals surface area contributed by atoms with Gasteiger partial charge in [-0.1, -0.05) is 18.6 Å². The second-order valence-electron chi connectivity index (χ2n) is 5.84. The van der Waals surface area contributed by atoms with Crippen molar-refractivity contribution in [3.8, 4) is 0 Å². The van der Waals surface area contributed by atoms with Crippen molar-refractivity contribution >= 4 is 17.7 Å². The molecule has 0 aromatic heterocycles. The lowest BCUT2D eigenvalue weighted by Gasteiger charge is -2.23. The predicted octanol–water partition coefficient (Wildman–Crippen LogP) is 2.54. The Morgan fingerprint density at radius 3 is 2.81 bits per heavy atom. The Balaban J connectivity index is 1.73. The highest BCUT2D eigenvalue weighted by Crippen LogP contribution is 2.48. The first-order valence-electron chi connectivity index (χ1n) is 7.07. The van der Waals surface area contributed by atoms with Crippen molar-refractivity contribution in [3.05, 3.63) is 30.1 Å². The van der Waals surface area contributed by atoms with Gasteiger partial charge in [-0.15, -0.1) is 0 Å². The van der Waals surface area contributed by atoms with E-state index in [0.717, 1.165) is 12.8 Å². The average molecular weight is 292 g/mol. The van der Waals surface area contributed by atoms with Gasteiger partial charge in [-0.2, -0.15) is 0 Å². The molecule has 2 atom stereocenters. The molecule has 1 heterocycles. The van der Waals surface area contributed by atoms with Crippen LogP contribution in [0, 0.1) is 17.2 Å². The molecule has 1 aliphatic heterocycles. The smallest absolute Gasteiger partial charge is 0.321 e. The second kappa shape index (κ2) is 5.02. The summed E-state index contributed by atoms with van der Waals surface area (Å²) >= 11 is 0. The number of likely N-dealkylation sites (tertiary alicyclic amines) is 1. The number of halogens is 1. The van der Waals surface area contributed by atoms with Crippen LogP contribution in [0.5, 0.6) is 0 Å².